The van der Waals surface area contributed by atoms with Gasteiger partial charge in [0.15, 0.2) is 5.78 Å². The maximum atomic E-state index is 11.5. The van der Waals surface area contributed by atoms with E-state index in [1.165, 1.54) is 25.9 Å². The van der Waals surface area contributed by atoms with Gasteiger partial charge in [0.25, 0.3) is 0 Å². The normalized spacial score (nSPS) is 15.7. The molecule has 1 heterocycles. The smallest absolute Gasteiger partial charge is 0.161 e. The largest absolute Gasteiger partial charge is 0.384 e. The summed E-state index contributed by atoms with van der Waals surface area (Å²) in [4.78, 5) is 14.0. The number of nitrogens with zero attached hydrogens (tertiary/aromatic N) is 1. The summed E-state index contributed by atoms with van der Waals surface area (Å²) in [7, 11) is 0. The van der Waals surface area contributed by atoms with Gasteiger partial charge in [-0.2, -0.15) is 0 Å². The molecule has 1 aliphatic rings. The van der Waals surface area contributed by atoms with Crippen molar-refractivity contribution in [3.8, 4) is 0 Å². The van der Waals surface area contributed by atoms with Crippen LogP contribution in [0.1, 0.15) is 36.5 Å². The lowest BCUT2D eigenvalue weighted by Gasteiger charge is -2.15. The summed E-state index contributed by atoms with van der Waals surface area (Å²) in [6, 6.07) is 5.37. The average Bonchev–Trinajstić information content (AvgIpc) is 2.87. The minimum atomic E-state index is 0.0682. The van der Waals surface area contributed by atoms with Crippen LogP contribution in [-0.4, -0.2) is 36.9 Å². The molecule has 104 valence electrons. The van der Waals surface area contributed by atoms with Crippen molar-refractivity contribution in [3.05, 3.63) is 28.8 Å². The highest BCUT2D eigenvalue weighted by atomic mass is 35.5. The van der Waals surface area contributed by atoms with E-state index in [9.17, 15) is 4.79 Å². The monoisotopic (exact) mass is 280 g/mol. The molecule has 1 N–H and O–H groups in total. The van der Waals surface area contributed by atoms with E-state index in [-0.39, 0.29) is 5.78 Å². The zero-order valence-corrected chi connectivity index (χ0v) is 12.2. The average molecular weight is 281 g/mol. The van der Waals surface area contributed by atoms with Crippen LogP contribution < -0.4 is 5.32 Å². The van der Waals surface area contributed by atoms with Gasteiger partial charge in [0.05, 0.1) is 0 Å². The van der Waals surface area contributed by atoms with Crippen molar-refractivity contribution in [2.24, 2.45) is 0 Å². The second kappa shape index (κ2) is 6.92. The van der Waals surface area contributed by atoms with E-state index in [4.69, 9.17) is 11.6 Å². The number of rotatable bonds is 6. The zero-order valence-electron chi connectivity index (χ0n) is 11.4. The fraction of sp³-hybridized carbons (Fsp3) is 0.533. The second-order valence-corrected chi connectivity index (χ2v) is 5.51. The predicted octanol–water partition coefficient (Wildman–Crippen LogP) is 3.44. The number of anilines is 1. The third-order valence-corrected chi connectivity index (χ3v) is 3.76. The minimum absolute atomic E-state index is 0.0682. The van der Waals surface area contributed by atoms with Gasteiger partial charge in [-0.05, 0) is 64.0 Å². The first-order valence-corrected chi connectivity index (χ1v) is 7.31. The molecule has 0 amide bonds. The molecule has 1 saturated heterocycles. The molecule has 1 aliphatic heterocycles. The number of carbonyl (C=O) groups excluding carboxylic acids is 1. The molecular weight excluding hydrogens is 260 g/mol. The second-order valence-electron chi connectivity index (χ2n) is 5.08. The molecule has 1 fully saturated rings. The van der Waals surface area contributed by atoms with Gasteiger partial charge in [0.2, 0.25) is 0 Å². The van der Waals surface area contributed by atoms with E-state index >= 15 is 0 Å². The maximum Gasteiger partial charge on any atom is 0.161 e. The molecule has 2 rings (SSSR count). The van der Waals surface area contributed by atoms with Gasteiger partial charge in [0, 0.05) is 22.8 Å². The quantitative estimate of drug-likeness (QED) is 0.640. The van der Waals surface area contributed by atoms with E-state index in [1.807, 2.05) is 6.07 Å². The van der Waals surface area contributed by atoms with E-state index in [0.29, 0.717) is 10.6 Å². The Bertz CT molecular complexity index is 442. The molecule has 0 atom stereocenters. The molecule has 0 bridgehead atoms. The molecule has 1 aromatic carbocycles. The Kier molecular flexibility index (Phi) is 5.23. The number of hydrogen-bond donors (Lipinski definition) is 1. The molecule has 4 heteroatoms. The summed E-state index contributed by atoms with van der Waals surface area (Å²) < 4.78 is 0. The van der Waals surface area contributed by atoms with E-state index in [0.717, 1.165) is 25.2 Å². The first kappa shape index (κ1) is 14.4. The van der Waals surface area contributed by atoms with Crippen LogP contribution in [0.5, 0.6) is 0 Å². The first-order chi connectivity index (χ1) is 9.16. The molecule has 0 unspecified atom stereocenters. The molecule has 0 radical (unpaired) electrons. The highest BCUT2D eigenvalue weighted by Gasteiger charge is 2.11. The van der Waals surface area contributed by atoms with Gasteiger partial charge in [-0.15, -0.1) is 0 Å². The molecule has 3 nitrogen and oxygen atoms in total. The van der Waals surface area contributed by atoms with Gasteiger partial charge in [-0.3, -0.25) is 4.79 Å². The predicted molar refractivity (Wildman–Crippen MR) is 80.2 cm³/mol. The van der Waals surface area contributed by atoms with Crippen molar-refractivity contribution < 1.29 is 4.79 Å². The molecule has 19 heavy (non-hydrogen) atoms. The highest BCUT2D eigenvalue weighted by Crippen LogP contribution is 2.21. The van der Waals surface area contributed by atoms with Crippen LogP contribution in [0.15, 0.2) is 18.2 Å². The van der Waals surface area contributed by atoms with Gasteiger partial charge in [-0.25, -0.2) is 0 Å². The number of likely N-dealkylation sites (tertiary alicyclic amines) is 1. The van der Waals surface area contributed by atoms with Crippen molar-refractivity contribution in [1.29, 1.82) is 0 Å². The molecule has 1 aromatic rings. The standard InChI is InChI=1S/C15H21ClN2O/c1-12(19)14-6-5-13(16)11-15(14)17-7-4-10-18-8-2-3-9-18/h5-6,11,17H,2-4,7-10H2,1H3. The maximum absolute atomic E-state index is 11.5. The van der Waals surface area contributed by atoms with Crippen molar-refractivity contribution in [2.45, 2.75) is 26.2 Å². The van der Waals surface area contributed by atoms with Gasteiger partial charge >= 0.3 is 0 Å². The van der Waals surface area contributed by atoms with E-state index < -0.39 is 0 Å². The van der Waals surface area contributed by atoms with Crippen molar-refractivity contribution >= 4 is 23.1 Å². The Morgan fingerprint density at radius 2 is 2.11 bits per heavy atom. The summed E-state index contributed by atoms with van der Waals surface area (Å²) >= 11 is 5.98. The van der Waals surface area contributed by atoms with Crippen LogP contribution in [0.3, 0.4) is 0 Å². The summed E-state index contributed by atoms with van der Waals surface area (Å²) in [5.74, 6) is 0.0682. The lowest BCUT2D eigenvalue weighted by atomic mass is 10.1. The topological polar surface area (TPSA) is 32.3 Å². The Hall–Kier alpha value is -1.06. The van der Waals surface area contributed by atoms with Crippen LogP contribution in [-0.2, 0) is 0 Å². The summed E-state index contributed by atoms with van der Waals surface area (Å²) in [5, 5.41) is 3.99. The number of benzene rings is 1. The van der Waals surface area contributed by atoms with Gasteiger partial charge in [-0.1, -0.05) is 11.6 Å². The zero-order chi connectivity index (χ0) is 13.7. The molecular formula is C15H21ClN2O. The summed E-state index contributed by atoms with van der Waals surface area (Å²) in [6.07, 6.45) is 3.75. The van der Waals surface area contributed by atoms with Crippen LogP contribution in [0.25, 0.3) is 0 Å². The first-order valence-electron chi connectivity index (χ1n) is 6.93. The highest BCUT2D eigenvalue weighted by molar-refractivity contribution is 6.31. The number of Topliss-reactive ketones (excluding diaryl/α,β-unsaturated/α-hetero) is 1. The molecule has 0 aliphatic carbocycles. The van der Waals surface area contributed by atoms with Crippen molar-refractivity contribution in [1.82, 2.24) is 4.90 Å². The van der Waals surface area contributed by atoms with Gasteiger partial charge in [0.1, 0.15) is 0 Å². The molecule has 0 saturated carbocycles. The Balaban J connectivity index is 1.84. The third kappa shape index (κ3) is 4.22. The number of hydrogen-bond acceptors (Lipinski definition) is 3. The Morgan fingerprint density at radius 3 is 2.79 bits per heavy atom. The van der Waals surface area contributed by atoms with Crippen LogP contribution in [0, 0.1) is 0 Å². The number of nitrogens with one attached hydrogen (secondary N) is 1. The van der Waals surface area contributed by atoms with Crippen LogP contribution in [0.4, 0.5) is 5.69 Å². The Morgan fingerprint density at radius 1 is 1.37 bits per heavy atom. The number of carbonyl (C=O) groups is 1. The minimum Gasteiger partial charge on any atom is -0.384 e. The third-order valence-electron chi connectivity index (χ3n) is 3.53. The number of halogens is 1. The molecule has 0 spiro atoms. The van der Waals surface area contributed by atoms with Gasteiger partial charge < -0.3 is 10.2 Å². The Labute approximate surface area is 119 Å². The summed E-state index contributed by atoms with van der Waals surface area (Å²) in [6.45, 7) is 6.05. The fourth-order valence-corrected chi connectivity index (χ4v) is 2.67. The fourth-order valence-electron chi connectivity index (χ4n) is 2.50. The van der Waals surface area contributed by atoms with Crippen LogP contribution in [0.2, 0.25) is 5.02 Å². The molecule has 0 aromatic heterocycles. The van der Waals surface area contributed by atoms with Crippen molar-refractivity contribution in [2.75, 3.05) is 31.5 Å². The van der Waals surface area contributed by atoms with E-state index in [1.54, 1.807) is 19.1 Å². The lowest BCUT2D eigenvalue weighted by molar-refractivity contribution is 0.101. The van der Waals surface area contributed by atoms with Crippen LogP contribution >= 0.6 is 11.6 Å². The van der Waals surface area contributed by atoms with Crippen molar-refractivity contribution in [3.63, 3.8) is 0 Å². The SMILES string of the molecule is CC(=O)c1ccc(Cl)cc1NCCCN1CCCC1. The summed E-state index contributed by atoms with van der Waals surface area (Å²) in [5.41, 5.74) is 1.56. The van der Waals surface area contributed by atoms with E-state index in [2.05, 4.69) is 10.2 Å². The lowest BCUT2D eigenvalue weighted by Crippen LogP contribution is -2.22. The number of ketones is 1.